The quantitative estimate of drug-likeness (QED) is 0.294. The van der Waals surface area contributed by atoms with Crippen LogP contribution in [0.25, 0.3) is 0 Å². The highest BCUT2D eigenvalue weighted by Crippen LogP contribution is 2.38. The molecule has 2 aliphatic rings. The molecule has 2 bridgehead atoms. The van der Waals surface area contributed by atoms with Crippen molar-refractivity contribution in [1.82, 2.24) is 14.7 Å². The summed E-state index contributed by atoms with van der Waals surface area (Å²) >= 11 is 0. The van der Waals surface area contributed by atoms with Crippen LogP contribution < -0.4 is 4.74 Å². The number of carbonyl (C=O) groups excluding carboxylic acids is 1. The maximum absolute atomic E-state index is 11.9. The maximum Gasteiger partial charge on any atom is 0.416 e. The van der Waals surface area contributed by atoms with Gasteiger partial charge in [0, 0.05) is 43.3 Å². The number of ether oxygens (including phenoxy) is 1. The van der Waals surface area contributed by atoms with Crippen LogP contribution in [-0.2, 0) is 6.18 Å². The second-order valence-electron chi connectivity index (χ2n) is 11.1. The number of piperazine rings is 1. The summed E-state index contributed by atoms with van der Waals surface area (Å²) in [6, 6.07) is 10.4. The van der Waals surface area contributed by atoms with Gasteiger partial charge in [0.1, 0.15) is 12.0 Å². The van der Waals surface area contributed by atoms with Gasteiger partial charge >= 0.3 is 6.18 Å². The van der Waals surface area contributed by atoms with E-state index in [2.05, 4.69) is 61.7 Å². The standard InChI is InChI=1S/C23H39N3O2.C8H5F3O/c1-17-18(2)23(28-13-7-6-10-24(4)11-12-27)9-8-22(17)19(3)26-16-20-14-21(26)15-25(20)5;9-8(10,11)7-3-1-6(5-12)2-4-7/h8-9,19-21,27H,6-7,10-16H2,1-5H3;1-5H/t19-,20?,21?;/m0./s1. The normalized spacial score (nSPS) is 19.9. The zero-order valence-electron chi connectivity index (χ0n) is 24.4. The molecule has 3 atom stereocenters. The van der Waals surface area contributed by atoms with Gasteiger partial charge in [-0.3, -0.25) is 9.69 Å². The third kappa shape index (κ3) is 8.28. The number of halogens is 3. The second-order valence-corrected chi connectivity index (χ2v) is 11.1. The van der Waals surface area contributed by atoms with Gasteiger partial charge < -0.3 is 19.6 Å². The Hall–Kier alpha value is -2.46. The van der Waals surface area contributed by atoms with Crippen molar-refractivity contribution in [3.05, 3.63) is 64.2 Å². The third-order valence-electron chi connectivity index (χ3n) is 8.33. The summed E-state index contributed by atoms with van der Waals surface area (Å²) in [5.74, 6) is 1.03. The molecular formula is C31H44F3N3O3. The van der Waals surface area contributed by atoms with E-state index in [0.29, 0.717) is 18.4 Å². The molecule has 0 aromatic heterocycles. The van der Waals surface area contributed by atoms with Crippen molar-refractivity contribution >= 4 is 6.29 Å². The number of benzene rings is 2. The molecule has 6 nitrogen and oxygen atoms in total. The fourth-order valence-corrected chi connectivity index (χ4v) is 5.67. The topological polar surface area (TPSA) is 56.3 Å². The third-order valence-corrected chi connectivity index (χ3v) is 8.33. The lowest BCUT2D eigenvalue weighted by Gasteiger charge is -2.37. The van der Waals surface area contributed by atoms with Gasteiger partial charge in [0.15, 0.2) is 0 Å². The van der Waals surface area contributed by atoms with E-state index < -0.39 is 11.7 Å². The highest BCUT2D eigenvalue weighted by molar-refractivity contribution is 5.74. The maximum atomic E-state index is 11.9. The van der Waals surface area contributed by atoms with E-state index in [-0.39, 0.29) is 12.2 Å². The van der Waals surface area contributed by atoms with Gasteiger partial charge in [-0.15, -0.1) is 0 Å². The average molecular weight is 564 g/mol. The molecule has 222 valence electrons. The number of likely N-dealkylation sites (N-methyl/N-ethyl adjacent to an activating group) is 2. The van der Waals surface area contributed by atoms with E-state index in [0.717, 1.165) is 68.6 Å². The minimum Gasteiger partial charge on any atom is -0.493 e. The van der Waals surface area contributed by atoms with Crippen LogP contribution in [-0.4, -0.2) is 91.7 Å². The van der Waals surface area contributed by atoms with Crippen LogP contribution >= 0.6 is 0 Å². The summed E-state index contributed by atoms with van der Waals surface area (Å²) in [6.07, 6.45) is -0.374. The predicted molar refractivity (Wildman–Crippen MR) is 152 cm³/mol. The number of hydrogen-bond donors (Lipinski definition) is 1. The number of unbranched alkanes of at least 4 members (excludes halogenated alkanes) is 1. The number of hydrogen-bond acceptors (Lipinski definition) is 6. The van der Waals surface area contributed by atoms with Gasteiger partial charge in [-0.2, -0.15) is 13.2 Å². The van der Waals surface area contributed by atoms with Crippen molar-refractivity contribution in [1.29, 1.82) is 0 Å². The molecule has 0 amide bonds. The lowest BCUT2D eigenvalue weighted by atomic mass is 9.96. The van der Waals surface area contributed by atoms with Crippen molar-refractivity contribution < 1.29 is 27.8 Å². The number of alkyl halides is 3. The molecule has 0 saturated carbocycles. The molecule has 9 heteroatoms. The Morgan fingerprint density at radius 3 is 2.30 bits per heavy atom. The zero-order chi connectivity index (χ0) is 29.4. The molecule has 40 heavy (non-hydrogen) atoms. The Morgan fingerprint density at radius 1 is 1.05 bits per heavy atom. The van der Waals surface area contributed by atoms with Crippen LogP contribution in [0, 0.1) is 13.8 Å². The van der Waals surface area contributed by atoms with E-state index in [1.54, 1.807) is 0 Å². The van der Waals surface area contributed by atoms with Gasteiger partial charge in [0.05, 0.1) is 18.8 Å². The second kappa shape index (κ2) is 14.4. The molecule has 1 N–H and O–H groups in total. The Kier molecular flexibility index (Phi) is 11.6. The number of rotatable bonds is 11. The molecular weight excluding hydrogens is 519 g/mol. The van der Waals surface area contributed by atoms with Crippen LogP contribution in [0.3, 0.4) is 0 Å². The number of aldehydes is 1. The SMILES string of the molecule is Cc1c(OCCCCN(C)CCO)ccc([C@H](C)N2CC3CC2CN3C)c1C.O=Cc1ccc(C(F)(F)F)cc1. The fourth-order valence-electron chi connectivity index (χ4n) is 5.67. The summed E-state index contributed by atoms with van der Waals surface area (Å²) in [5, 5.41) is 8.95. The lowest BCUT2D eigenvalue weighted by Crippen LogP contribution is -2.45. The summed E-state index contributed by atoms with van der Waals surface area (Å²) in [5.41, 5.74) is 3.61. The first-order valence-electron chi connectivity index (χ1n) is 14.1. The number of carbonyl (C=O) groups is 1. The molecule has 2 aromatic carbocycles. The number of aliphatic hydroxyl groups is 1. The Bertz CT molecular complexity index is 1090. The Morgan fingerprint density at radius 2 is 1.75 bits per heavy atom. The molecule has 2 aliphatic heterocycles. The smallest absolute Gasteiger partial charge is 0.416 e. The summed E-state index contributed by atoms with van der Waals surface area (Å²) in [4.78, 5) is 17.5. The fraction of sp³-hybridized carbons (Fsp3) is 0.581. The minimum atomic E-state index is -4.33. The van der Waals surface area contributed by atoms with E-state index in [4.69, 9.17) is 9.84 Å². The first kappa shape index (κ1) is 32.1. The van der Waals surface area contributed by atoms with Crippen molar-refractivity contribution in [2.24, 2.45) is 0 Å². The van der Waals surface area contributed by atoms with Crippen molar-refractivity contribution in [2.75, 3.05) is 53.5 Å². The Balaban J connectivity index is 0.000000307. The van der Waals surface area contributed by atoms with E-state index in [1.807, 2.05) is 0 Å². The predicted octanol–water partition coefficient (Wildman–Crippen LogP) is 5.35. The van der Waals surface area contributed by atoms with Gasteiger partial charge in [0.25, 0.3) is 0 Å². The van der Waals surface area contributed by atoms with Crippen molar-refractivity contribution in [3.63, 3.8) is 0 Å². The van der Waals surface area contributed by atoms with Gasteiger partial charge in [-0.25, -0.2) is 0 Å². The number of likely N-dealkylation sites (tertiary alicyclic amines) is 2. The summed E-state index contributed by atoms with van der Waals surface area (Å²) < 4.78 is 41.9. The molecule has 2 heterocycles. The molecule has 2 fully saturated rings. The number of nitrogens with zero attached hydrogens (tertiary/aromatic N) is 3. The molecule has 4 rings (SSSR count). The monoisotopic (exact) mass is 563 g/mol. The molecule has 0 spiro atoms. The zero-order valence-corrected chi connectivity index (χ0v) is 24.4. The van der Waals surface area contributed by atoms with Crippen LogP contribution in [0.5, 0.6) is 5.75 Å². The van der Waals surface area contributed by atoms with Gasteiger partial charge in [0.2, 0.25) is 0 Å². The first-order valence-corrected chi connectivity index (χ1v) is 14.1. The summed E-state index contributed by atoms with van der Waals surface area (Å²) in [7, 11) is 4.31. The molecule has 2 aromatic rings. The number of aliphatic hydroxyl groups excluding tert-OH is 1. The molecule has 0 aliphatic carbocycles. The van der Waals surface area contributed by atoms with Crippen LogP contribution in [0.4, 0.5) is 13.2 Å². The molecule has 0 radical (unpaired) electrons. The van der Waals surface area contributed by atoms with Crippen LogP contribution in [0.15, 0.2) is 36.4 Å². The van der Waals surface area contributed by atoms with Gasteiger partial charge in [-0.05, 0) is 95.6 Å². The van der Waals surface area contributed by atoms with Crippen molar-refractivity contribution in [2.45, 2.75) is 64.3 Å². The highest BCUT2D eigenvalue weighted by Gasteiger charge is 2.43. The highest BCUT2D eigenvalue weighted by atomic mass is 19.4. The first-order chi connectivity index (χ1) is 19.0. The lowest BCUT2D eigenvalue weighted by molar-refractivity contribution is -0.137. The van der Waals surface area contributed by atoms with Crippen molar-refractivity contribution in [3.8, 4) is 5.75 Å². The van der Waals surface area contributed by atoms with E-state index in [1.165, 1.54) is 36.2 Å². The minimum absolute atomic E-state index is 0.228. The Labute approximate surface area is 236 Å². The average Bonchev–Trinajstić information content (AvgIpc) is 3.50. The summed E-state index contributed by atoms with van der Waals surface area (Å²) in [6.45, 7) is 11.9. The largest absolute Gasteiger partial charge is 0.493 e. The van der Waals surface area contributed by atoms with Crippen LogP contribution in [0.2, 0.25) is 0 Å². The molecule has 2 unspecified atom stereocenters. The van der Waals surface area contributed by atoms with E-state index >= 15 is 0 Å². The molecule has 2 saturated heterocycles. The van der Waals surface area contributed by atoms with Gasteiger partial charge in [-0.1, -0.05) is 18.2 Å². The van der Waals surface area contributed by atoms with E-state index in [9.17, 15) is 18.0 Å². The van der Waals surface area contributed by atoms with Crippen LogP contribution in [0.1, 0.15) is 64.8 Å². The number of fused-ring (bicyclic) bond motifs is 2.